The van der Waals surface area contributed by atoms with Crippen LogP contribution in [0.5, 0.6) is 0 Å². The minimum absolute atomic E-state index is 0.136. The zero-order chi connectivity index (χ0) is 24.0. The third-order valence-corrected chi connectivity index (χ3v) is 8.01. The predicted molar refractivity (Wildman–Crippen MR) is 148 cm³/mol. The summed E-state index contributed by atoms with van der Waals surface area (Å²) in [4.78, 5) is 12.6. The number of para-hydroxylation sites is 2. The molecule has 0 N–H and O–H groups in total. The fourth-order valence-electron chi connectivity index (χ4n) is 6.48. The van der Waals surface area contributed by atoms with Crippen molar-refractivity contribution in [3.63, 3.8) is 0 Å². The van der Waals surface area contributed by atoms with Gasteiger partial charge in [0.05, 0.1) is 28.0 Å². The summed E-state index contributed by atoms with van der Waals surface area (Å²) in [7, 11) is 0. The maximum atomic E-state index is 5.30. The summed E-state index contributed by atoms with van der Waals surface area (Å²) in [5, 5.41) is 3.46. The molecule has 0 unspecified atom stereocenters. The molecule has 1 aliphatic heterocycles. The average molecular weight is 462 g/mol. The van der Waals surface area contributed by atoms with Crippen molar-refractivity contribution < 1.29 is 0 Å². The predicted octanol–water partition coefficient (Wildman–Crippen LogP) is 8.54. The summed E-state index contributed by atoms with van der Waals surface area (Å²) in [6, 6.07) is 34.7. The summed E-state index contributed by atoms with van der Waals surface area (Å²) in [5.74, 6) is 0.950. The lowest BCUT2D eigenvalue weighted by atomic mass is 9.81. The lowest BCUT2D eigenvalue weighted by Gasteiger charge is -2.35. The van der Waals surface area contributed by atoms with E-state index in [1.807, 2.05) is 6.20 Å². The van der Waals surface area contributed by atoms with Crippen LogP contribution in [0.15, 0.2) is 103 Å². The van der Waals surface area contributed by atoms with Crippen molar-refractivity contribution in [2.75, 3.05) is 4.90 Å². The molecule has 0 saturated heterocycles. The zero-order valence-electron chi connectivity index (χ0n) is 20.2. The van der Waals surface area contributed by atoms with Gasteiger partial charge in [0.2, 0.25) is 0 Å². The van der Waals surface area contributed by atoms with Crippen LogP contribution in [-0.2, 0) is 5.41 Å². The van der Waals surface area contributed by atoms with E-state index in [2.05, 4.69) is 116 Å². The molecule has 6 aromatic rings. The van der Waals surface area contributed by atoms with E-state index in [1.54, 1.807) is 0 Å². The van der Waals surface area contributed by atoms with Gasteiger partial charge >= 0.3 is 0 Å². The lowest BCUT2D eigenvalue weighted by Crippen LogP contribution is -2.23. The van der Waals surface area contributed by atoms with Gasteiger partial charge in [0.15, 0.2) is 0 Å². The third-order valence-electron chi connectivity index (χ3n) is 8.01. The van der Waals surface area contributed by atoms with Gasteiger partial charge in [-0.15, -0.1) is 0 Å². The van der Waals surface area contributed by atoms with E-state index in [0.29, 0.717) is 0 Å². The molecular weight excluding hydrogens is 438 g/mol. The molecule has 1 aliphatic carbocycles. The molecule has 0 bridgehead atoms. The van der Waals surface area contributed by atoms with Crippen molar-refractivity contribution in [2.24, 2.45) is 0 Å². The monoisotopic (exact) mass is 461 g/mol. The van der Waals surface area contributed by atoms with Crippen LogP contribution in [0.1, 0.15) is 25.0 Å². The second kappa shape index (κ2) is 6.79. The minimum Gasteiger partial charge on any atom is -0.293 e. The Morgan fingerprint density at radius 3 is 2.28 bits per heavy atom. The second-order valence-electron chi connectivity index (χ2n) is 10.3. The molecule has 0 saturated carbocycles. The molecule has 3 heteroatoms. The SMILES string of the molecule is CC1(C)c2ccccc2-c2cccc(N3c4ccccc4-c4nccc5c4c3nc3ccccc35)c21. The van der Waals surface area contributed by atoms with Gasteiger partial charge in [-0.25, -0.2) is 4.98 Å². The minimum atomic E-state index is -0.136. The first-order valence-corrected chi connectivity index (χ1v) is 12.4. The standard InChI is InChI=1S/C33H23N3/c1-33(2)25-14-6-3-10-20(25)23-13-9-17-28(30(23)33)36-27-16-8-5-12-24(27)31-29-22(18-19-34-31)21-11-4-7-15-26(21)35-32(29)36/h3-19H,1-2H3. The summed E-state index contributed by atoms with van der Waals surface area (Å²) in [6.07, 6.45) is 1.93. The van der Waals surface area contributed by atoms with Crippen molar-refractivity contribution >= 4 is 38.9 Å². The maximum Gasteiger partial charge on any atom is 0.148 e. The molecule has 36 heavy (non-hydrogen) atoms. The van der Waals surface area contributed by atoms with E-state index in [0.717, 1.165) is 39.1 Å². The number of fused-ring (bicyclic) bond motifs is 7. The highest BCUT2D eigenvalue weighted by atomic mass is 15.2. The summed E-state index contributed by atoms with van der Waals surface area (Å²) in [6.45, 7) is 4.69. The Kier molecular flexibility index (Phi) is 3.73. The number of hydrogen-bond donors (Lipinski definition) is 0. The zero-order valence-corrected chi connectivity index (χ0v) is 20.2. The van der Waals surface area contributed by atoms with Gasteiger partial charge in [-0.1, -0.05) is 86.6 Å². The Bertz CT molecular complexity index is 1880. The topological polar surface area (TPSA) is 29.0 Å². The Morgan fingerprint density at radius 2 is 1.36 bits per heavy atom. The number of anilines is 3. The van der Waals surface area contributed by atoms with Gasteiger partial charge in [0.1, 0.15) is 5.82 Å². The number of benzene rings is 4. The molecule has 3 nitrogen and oxygen atoms in total. The van der Waals surface area contributed by atoms with Gasteiger partial charge < -0.3 is 0 Å². The molecule has 0 fully saturated rings. The summed E-state index contributed by atoms with van der Waals surface area (Å²) < 4.78 is 0. The van der Waals surface area contributed by atoms with Crippen LogP contribution in [0.25, 0.3) is 44.1 Å². The molecule has 0 radical (unpaired) electrons. The van der Waals surface area contributed by atoms with Crippen LogP contribution >= 0.6 is 0 Å². The first-order valence-electron chi connectivity index (χ1n) is 12.4. The number of rotatable bonds is 1. The van der Waals surface area contributed by atoms with E-state index < -0.39 is 0 Å². The van der Waals surface area contributed by atoms with Crippen molar-refractivity contribution in [2.45, 2.75) is 19.3 Å². The van der Waals surface area contributed by atoms with Crippen LogP contribution in [0.2, 0.25) is 0 Å². The quantitative estimate of drug-likeness (QED) is 0.229. The molecule has 2 aromatic heterocycles. The molecule has 0 amide bonds. The number of hydrogen-bond acceptors (Lipinski definition) is 3. The van der Waals surface area contributed by atoms with E-state index in [1.165, 1.54) is 33.3 Å². The fraction of sp³-hybridized carbons (Fsp3) is 0.0909. The smallest absolute Gasteiger partial charge is 0.148 e. The van der Waals surface area contributed by atoms with Crippen LogP contribution in [0.3, 0.4) is 0 Å². The fourth-order valence-corrected chi connectivity index (χ4v) is 6.48. The number of nitrogens with zero attached hydrogens (tertiary/aromatic N) is 3. The summed E-state index contributed by atoms with van der Waals surface area (Å²) in [5.41, 5.74) is 10.6. The Morgan fingerprint density at radius 1 is 0.639 bits per heavy atom. The van der Waals surface area contributed by atoms with Crippen molar-refractivity contribution in [3.05, 3.63) is 114 Å². The van der Waals surface area contributed by atoms with Gasteiger partial charge in [-0.2, -0.15) is 0 Å². The lowest BCUT2D eigenvalue weighted by molar-refractivity contribution is 0.660. The molecule has 2 aliphatic rings. The van der Waals surface area contributed by atoms with Crippen LogP contribution < -0.4 is 4.90 Å². The van der Waals surface area contributed by atoms with Crippen molar-refractivity contribution in [3.8, 4) is 22.4 Å². The van der Waals surface area contributed by atoms with Crippen LogP contribution in [0, 0.1) is 0 Å². The Hall–Kier alpha value is -4.50. The Labute approximate surface area is 209 Å². The number of aromatic nitrogens is 2. The maximum absolute atomic E-state index is 5.30. The van der Waals surface area contributed by atoms with Gasteiger partial charge in [0, 0.05) is 22.6 Å². The van der Waals surface area contributed by atoms with Gasteiger partial charge in [0.25, 0.3) is 0 Å². The van der Waals surface area contributed by atoms with E-state index in [9.17, 15) is 0 Å². The van der Waals surface area contributed by atoms with Crippen LogP contribution in [0.4, 0.5) is 17.2 Å². The van der Waals surface area contributed by atoms with E-state index in [-0.39, 0.29) is 5.41 Å². The molecular formula is C33H23N3. The van der Waals surface area contributed by atoms with Crippen molar-refractivity contribution in [1.29, 1.82) is 0 Å². The first kappa shape index (κ1) is 19.8. The first-order chi connectivity index (χ1) is 17.6. The van der Waals surface area contributed by atoms with E-state index >= 15 is 0 Å². The second-order valence-corrected chi connectivity index (χ2v) is 10.3. The number of pyridine rings is 2. The molecule has 3 heterocycles. The molecule has 8 rings (SSSR count). The van der Waals surface area contributed by atoms with Gasteiger partial charge in [-0.3, -0.25) is 9.88 Å². The molecule has 4 aromatic carbocycles. The normalized spacial score (nSPS) is 14.6. The molecule has 170 valence electrons. The van der Waals surface area contributed by atoms with Gasteiger partial charge in [-0.05, 0) is 51.9 Å². The summed E-state index contributed by atoms with van der Waals surface area (Å²) >= 11 is 0. The highest BCUT2D eigenvalue weighted by Gasteiger charge is 2.40. The molecule has 0 atom stereocenters. The highest BCUT2D eigenvalue weighted by Crippen LogP contribution is 2.57. The molecule has 0 spiro atoms. The van der Waals surface area contributed by atoms with Crippen LogP contribution in [-0.4, -0.2) is 9.97 Å². The Balaban J connectivity index is 1.53. The highest BCUT2D eigenvalue weighted by molar-refractivity contribution is 6.19. The van der Waals surface area contributed by atoms with Crippen molar-refractivity contribution in [1.82, 2.24) is 9.97 Å². The largest absolute Gasteiger partial charge is 0.293 e. The average Bonchev–Trinajstić information content (AvgIpc) is 3.16. The van der Waals surface area contributed by atoms with E-state index in [4.69, 9.17) is 9.97 Å². The third kappa shape index (κ3) is 2.37.